The molecule has 0 spiro atoms. The average molecular weight is 1630 g/mol. The maximum atomic E-state index is 15.0. The molecule has 123 heavy (non-hydrogen) atoms. The Labute approximate surface area is 697 Å². The zero-order valence-electron chi connectivity index (χ0n) is 66.8. The minimum absolute atomic E-state index is 0.0162. The van der Waals surface area contributed by atoms with Gasteiger partial charge in [-0.15, -0.1) is 0 Å². The number of aryl methyl sites for hydroxylation is 3. The lowest BCUT2D eigenvalue weighted by molar-refractivity contribution is 0.0683. The molecule has 602 valence electrons. The van der Waals surface area contributed by atoms with E-state index in [-0.39, 0.29) is 140 Å². The SMILES string of the molecule is COc1ccc2cc(C(=O)Oc3cc4oc5c6c7cc(OC(=O)c8ccc9cc(OC)ccc9c8)c(OC(=O)c8ccc(NC(=O)c9c(C)cc(C)cc9C)cc8)cc7oc6c6c7cc(OC(=O)c8ccc9cc(OC)ccc9c8)c(OC(=O)c8ccc9cc(OC)ccc9c8)cc7oc6c5c4cc3OC(=O)c3ccc4cc(OC)ccc4c3)ccc2c1. The number of furan rings is 3. The monoisotopic (exact) mass is 1630 g/mol. The molecule has 1 N–H and O–H groups in total. The molecule has 22 nitrogen and oxygen atoms in total. The molecule has 22 heteroatoms. The fourth-order valence-electron chi connectivity index (χ4n) is 15.8. The number of carbonyl (C=O) groups excluding carboxylic acids is 7. The fourth-order valence-corrected chi connectivity index (χ4v) is 15.8. The number of methoxy groups -OCH3 is 5. The lowest BCUT2D eigenvalue weighted by Gasteiger charge is -2.13. The van der Waals surface area contributed by atoms with E-state index in [0.717, 1.165) is 43.6 Å². The van der Waals surface area contributed by atoms with Gasteiger partial charge in [0.15, 0.2) is 51.2 Å². The van der Waals surface area contributed by atoms with Crippen LogP contribution in [0.4, 0.5) is 5.69 Å². The van der Waals surface area contributed by atoms with Crippen LogP contribution in [-0.4, -0.2) is 77.3 Å². The topological polar surface area (TPSA) is 272 Å². The molecule has 19 rings (SSSR count). The fraction of sp³-hybridized carbons (Fsp3) is 0.0792. The molecule has 1 amide bonds. The molecule has 0 aliphatic rings. The van der Waals surface area contributed by atoms with Gasteiger partial charge in [0.05, 0.1) is 85.1 Å². The first-order valence-corrected chi connectivity index (χ1v) is 38.7. The molecule has 3 heterocycles. The van der Waals surface area contributed by atoms with E-state index in [1.807, 2.05) is 63.2 Å². The predicted molar refractivity (Wildman–Crippen MR) is 466 cm³/mol. The van der Waals surface area contributed by atoms with Crippen LogP contribution in [-0.2, 0) is 0 Å². The van der Waals surface area contributed by atoms with Crippen LogP contribution < -0.4 is 57.4 Å². The molecule has 0 saturated carbocycles. The number of amides is 1. The van der Waals surface area contributed by atoms with Gasteiger partial charge in [-0.2, -0.15) is 0 Å². The van der Waals surface area contributed by atoms with Crippen molar-refractivity contribution in [2.24, 2.45) is 0 Å². The Hall–Kier alpha value is -16.5. The number of hydrogen-bond donors (Lipinski definition) is 1. The number of carbonyl (C=O) groups is 7. The van der Waals surface area contributed by atoms with Gasteiger partial charge in [0, 0.05) is 45.6 Å². The number of benzene rings is 16. The number of anilines is 1. The third-order valence-corrected chi connectivity index (χ3v) is 21.9. The van der Waals surface area contributed by atoms with Crippen molar-refractivity contribution in [3.8, 4) is 63.2 Å². The third-order valence-electron chi connectivity index (χ3n) is 21.9. The Bertz CT molecular complexity index is 7650. The summed E-state index contributed by atoms with van der Waals surface area (Å²) in [7, 11) is 7.77. The van der Waals surface area contributed by atoms with Crippen molar-refractivity contribution in [3.63, 3.8) is 0 Å². The Morgan fingerprint density at radius 2 is 0.480 bits per heavy atom. The minimum atomic E-state index is -0.909. The van der Waals surface area contributed by atoms with Crippen molar-refractivity contribution in [3.05, 3.63) is 310 Å². The van der Waals surface area contributed by atoms with E-state index < -0.39 is 35.8 Å². The van der Waals surface area contributed by atoms with Crippen LogP contribution >= 0.6 is 0 Å². The van der Waals surface area contributed by atoms with Gasteiger partial charge < -0.3 is 70.7 Å². The van der Waals surface area contributed by atoms with Gasteiger partial charge in [-0.3, -0.25) is 4.79 Å². The van der Waals surface area contributed by atoms with Crippen molar-refractivity contribution in [1.82, 2.24) is 0 Å². The van der Waals surface area contributed by atoms with E-state index in [1.165, 1.54) is 48.5 Å². The highest BCUT2D eigenvalue weighted by molar-refractivity contribution is 6.37. The summed E-state index contributed by atoms with van der Waals surface area (Å²) < 4.78 is 87.0. The van der Waals surface area contributed by atoms with Gasteiger partial charge in [-0.25, -0.2) is 28.8 Å². The van der Waals surface area contributed by atoms with Gasteiger partial charge in [-0.05, 0) is 250 Å². The number of ether oxygens (including phenoxy) is 11. The van der Waals surface area contributed by atoms with Gasteiger partial charge in [0.2, 0.25) is 0 Å². The normalized spacial score (nSPS) is 11.5. The highest BCUT2D eigenvalue weighted by Gasteiger charge is 2.32. The van der Waals surface area contributed by atoms with Gasteiger partial charge in [0.25, 0.3) is 5.91 Å². The van der Waals surface area contributed by atoms with Crippen molar-refractivity contribution < 1.29 is 98.9 Å². The standard InChI is InChI=1S/C101H67NO21/c1-51-33-52(2)88(53(3)34-51)95(103)102-70-26-19-54(20-27-70)96(104)121-85-48-79-76(45-82(85)118-97(105)65-14-9-60-40-71(110-4)28-21-55(60)35-65)89-92(115-79)90-77-46-83(119-98(106)66-15-10-61-41-72(111-5)29-22-56(61)36-66)86(122-100(108)68-17-12-63-43-74(113-7)31-24-58(63)38-68)49-80(77)117-94(90)91-78-47-84(120-99(107)67-16-11-62-42-73(112-6)30-23-57(62)37-67)87(50-81(78)116-93(89)91)123-101(109)69-18-13-64-44-75(114-8)32-25-59(64)39-69/h9-50H,1-8H3,(H,102,103). The van der Waals surface area contributed by atoms with Gasteiger partial charge in [-0.1, -0.05) is 78.4 Å². The second-order valence-electron chi connectivity index (χ2n) is 29.6. The second kappa shape index (κ2) is 30.8. The first kappa shape index (κ1) is 76.5. The van der Waals surface area contributed by atoms with Crippen LogP contribution in [0.15, 0.2) is 268 Å². The molecule has 0 radical (unpaired) electrons. The summed E-state index contributed by atoms with van der Waals surface area (Å²) in [4.78, 5) is 103. The van der Waals surface area contributed by atoms with E-state index in [1.54, 1.807) is 199 Å². The molecule has 3 aromatic heterocycles. The smallest absolute Gasteiger partial charge is 0.343 e. The summed E-state index contributed by atoms with van der Waals surface area (Å²) in [5.41, 5.74) is 4.33. The minimum Gasteiger partial charge on any atom is -0.497 e. The van der Waals surface area contributed by atoms with Gasteiger partial charge in [0.1, 0.15) is 45.5 Å². The van der Waals surface area contributed by atoms with Gasteiger partial charge >= 0.3 is 35.8 Å². The summed E-state index contributed by atoms with van der Waals surface area (Å²) in [5, 5.41) is 11.4. The third kappa shape index (κ3) is 14.3. The molecule has 0 bridgehead atoms. The molecule has 0 fully saturated rings. The summed E-state index contributed by atoms with van der Waals surface area (Å²) in [6, 6.07) is 70.3. The first-order chi connectivity index (χ1) is 59.7. The van der Waals surface area contributed by atoms with Crippen LogP contribution in [0.5, 0.6) is 63.2 Å². The number of hydrogen-bond acceptors (Lipinski definition) is 21. The quantitative estimate of drug-likeness (QED) is 0.0582. The zero-order chi connectivity index (χ0) is 84.7. The maximum absolute atomic E-state index is 15.0. The predicted octanol–water partition coefficient (Wildman–Crippen LogP) is 22.7. The van der Waals surface area contributed by atoms with Crippen molar-refractivity contribution in [2.75, 3.05) is 40.9 Å². The zero-order valence-corrected chi connectivity index (χ0v) is 66.8. The molecule has 16 aromatic carbocycles. The number of nitrogens with one attached hydrogen (secondary N) is 1. The largest absolute Gasteiger partial charge is 0.497 e. The molecule has 0 unspecified atom stereocenters. The highest BCUT2D eigenvalue weighted by Crippen LogP contribution is 2.53. The Morgan fingerprint density at radius 3 is 0.740 bits per heavy atom. The number of rotatable bonds is 19. The summed E-state index contributed by atoms with van der Waals surface area (Å²) in [6.45, 7) is 5.68. The number of esters is 6. The maximum Gasteiger partial charge on any atom is 0.343 e. The molecule has 0 saturated heterocycles. The molecular weight excluding hydrogens is 1560 g/mol. The van der Waals surface area contributed by atoms with Crippen molar-refractivity contribution in [1.29, 1.82) is 0 Å². The average Bonchev–Trinajstić information content (AvgIpc) is 1.53. The first-order valence-electron chi connectivity index (χ1n) is 38.7. The van der Waals surface area contributed by atoms with Crippen molar-refractivity contribution >= 4 is 167 Å². The van der Waals surface area contributed by atoms with E-state index in [2.05, 4.69) is 5.32 Å². The van der Waals surface area contributed by atoms with Crippen LogP contribution in [0.2, 0.25) is 0 Å². The second-order valence-corrected chi connectivity index (χ2v) is 29.6. The molecule has 19 aromatic rings. The van der Waals surface area contributed by atoms with E-state index in [4.69, 9.17) is 65.4 Å². The molecular formula is C101H67NO21. The van der Waals surface area contributed by atoms with E-state index >= 15 is 0 Å². The lowest BCUT2D eigenvalue weighted by Crippen LogP contribution is -2.16. The summed E-state index contributed by atoms with van der Waals surface area (Å²) in [5.74, 6) is -4.11. The highest BCUT2D eigenvalue weighted by atomic mass is 16.6. The van der Waals surface area contributed by atoms with E-state index in [0.29, 0.717) is 66.9 Å². The Kier molecular flexibility index (Phi) is 19.1. The lowest BCUT2D eigenvalue weighted by atomic mass is 9.99. The Morgan fingerprint density at radius 1 is 0.252 bits per heavy atom. The Balaban J connectivity index is 0.823. The van der Waals surface area contributed by atoms with Crippen LogP contribution in [0.3, 0.4) is 0 Å². The van der Waals surface area contributed by atoms with Crippen LogP contribution in [0, 0.1) is 20.8 Å². The molecule has 0 atom stereocenters. The summed E-state index contributed by atoms with van der Waals surface area (Å²) in [6.07, 6.45) is 0. The van der Waals surface area contributed by atoms with E-state index in [9.17, 15) is 33.6 Å². The molecule has 0 aliphatic heterocycles. The van der Waals surface area contributed by atoms with Crippen molar-refractivity contribution in [2.45, 2.75) is 20.8 Å². The molecule has 0 aliphatic carbocycles. The van der Waals surface area contributed by atoms with Crippen LogP contribution in [0.25, 0.3) is 120 Å². The van der Waals surface area contributed by atoms with Crippen LogP contribution in [0.1, 0.15) is 89.2 Å². The summed E-state index contributed by atoms with van der Waals surface area (Å²) >= 11 is 0. The number of fused-ring (bicyclic) bond motifs is 17.